The maximum Gasteiger partial charge on any atom is 0.226 e. The van der Waals surface area contributed by atoms with Crippen molar-refractivity contribution in [2.24, 2.45) is 7.05 Å². The van der Waals surface area contributed by atoms with E-state index < -0.39 is 0 Å². The van der Waals surface area contributed by atoms with Crippen LogP contribution in [0.15, 0.2) is 12.4 Å². The summed E-state index contributed by atoms with van der Waals surface area (Å²) in [6.45, 7) is 2.69. The van der Waals surface area contributed by atoms with Crippen molar-refractivity contribution in [3.05, 3.63) is 23.7 Å². The molecule has 3 aromatic heterocycles. The van der Waals surface area contributed by atoms with Crippen LogP contribution in [0.1, 0.15) is 11.3 Å². The molecular weight excluding hydrogens is 256 g/mol. The van der Waals surface area contributed by atoms with Gasteiger partial charge in [0.1, 0.15) is 5.82 Å². The average molecular weight is 272 g/mol. The van der Waals surface area contributed by atoms with Crippen molar-refractivity contribution in [2.45, 2.75) is 13.5 Å². The Balaban J connectivity index is 1.90. The van der Waals surface area contributed by atoms with E-state index in [0.29, 0.717) is 18.1 Å². The van der Waals surface area contributed by atoms with Crippen LogP contribution in [0.2, 0.25) is 0 Å². The molecule has 0 amide bonds. The van der Waals surface area contributed by atoms with Crippen molar-refractivity contribution in [2.75, 3.05) is 17.7 Å². The number of nitrogens with one attached hydrogen (secondary N) is 3. The lowest BCUT2D eigenvalue weighted by molar-refractivity contribution is 0.738. The molecule has 20 heavy (non-hydrogen) atoms. The molecule has 3 rings (SSSR count). The number of fused-ring (bicyclic) bond motifs is 1. The number of aryl methyl sites for hydroxylation is 1. The number of rotatable bonds is 4. The first-order valence-electron chi connectivity index (χ1n) is 6.29. The highest BCUT2D eigenvalue weighted by atomic mass is 15.3. The van der Waals surface area contributed by atoms with Gasteiger partial charge in [0.05, 0.1) is 17.8 Å². The summed E-state index contributed by atoms with van der Waals surface area (Å²) in [7, 11) is 3.71. The highest BCUT2D eigenvalue weighted by molar-refractivity contribution is 5.86. The van der Waals surface area contributed by atoms with Gasteiger partial charge in [0.15, 0.2) is 5.65 Å². The standard InChI is InChI=1S/C12H16N8/c1-7-8(5-16-20(7)3)4-14-10-9-6-15-19-11(9)18-12(13-2)17-10/h5-6H,4H2,1-3H3,(H3,13,14,15,17,18,19). The van der Waals surface area contributed by atoms with Gasteiger partial charge in [-0.25, -0.2) is 0 Å². The van der Waals surface area contributed by atoms with Crippen molar-refractivity contribution in [1.82, 2.24) is 29.9 Å². The molecule has 0 bridgehead atoms. The summed E-state index contributed by atoms with van der Waals surface area (Å²) >= 11 is 0. The number of hydrogen-bond donors (Lipinski definition) is 3. The molecule has 0 fully saturated rings. The predicted molar refractivity (Wildman–Crippen MR) is 76.5 cm³/mol. The second-order valence-electron chi connectivity index (χ2n) is 4.51. The summed E-state index contributed by atoms with van der Waals surface area (Å²) in [5.41, 5.74) is 2.97. The summed E-state index contributed by atoms with van der Waals surface area (Å²) in [6.07, 6.45) is 3.57. The van der Waals surface area contributed by atoms with Crippen LogP contribution in [0.25, 0.3) is 11.0 Å². The fraction of sp³-hybridized carbons (Fsp3) is 0.333. The van der Waals surface area contributed by atoms with Gasteiger partial charge in [-0.15, -0.1) is 0 Å². The average Bonchev–Trinajstić information content (AvgIpc) is 3.05. The molecule has 0 saturated carbocycles. The van der Waals surface area contributed by atoms with Crippen LogP contribution in [0.3, 0.4) is 0 Å². The van der Waals surface area contributed by atoms with E-state index in [1.165, 1.54) is 0 Å². The number of aromatic amines is 1. The molecular formula is C12H16N8. The second-order valence-corrected chi connectivity index (χ2v) is 4.51. The van der Waals surface area contributed by atoms with E-state index in [0.717, 1.165) is 22.5 Å². The number of H-pyrrole nitrogens is 1. The Kier molecular flexibility index (Phi) is 2.97. The van der Waals surface area contributed by atoms with E-state index in [4.69, 9.17) is 0 Å². The zero-order valence-electron chi connectivity index (χ0n) is 11.6. The van der Waals surface area contributed by atoms with Crippen molar-refractivity contribution in [3.8, 4) is 0 Å². The van der Waals surface area contributed by atoms with Crippen molar-refractivity contribution < 1.29 is 0 Å². The van der Waals surface area contributed by atoms with Crippen molar-refractivity contribution >= 4 is 22.8 Å². The molecule has 0 aliphatic heterocycles. The Morgan fingerprint density at radius 1 is 1.30 bits per heavy atom. The Bertz CT molecular complexity index is 741. The quantitative estimate of drug-likeness (QED) is 0.657. The molecule has 3 heterocycles. The van der Waals surface area contributed by atoms with E-state index in [-0.39, 0.29) is 0 Å². The van der Waals surface area contributed by atoms with Gasteiger partial charge < -0.3 is 10.6 Å². The first-order valence-corrected chi connectivity index (χ1v) is 6.29. The molecule has 3 N–H and O–H groups in total. The third-order valence-corrected chi connectivity index (χ3v) is 3.32. The molecule has 8 nitrogen and oxygen atoms in total. The van der Waals surface area contributed by atoms with Gasteiger partial charge in [0.25, 0.3) is 0 Å². The second kappa shape index (κ2) is 4.80. The van der Waals surface area contributed by atoms with E-state index in [1.807, 2.05) is 24.9 Å². The molecule has 0 atom stereocenters. The molecule has 0 aromatic carbocycles. The number of anilines is 2. The van der Waals surface area contributed by atoms with E-state index >= 15 is 0 Å². The zero-order valence-corrected chi connectivity index (χ0v) is 11.6. The Labute approximate surface area is 115 Å². The van der Waals surface area contributed by atoms with E-state index in [2.05, 4.69) is 35.9 Å². The molecule has 3 aromatic rings. The molecule has 0 unspecified atom stereocenters. The first kappa shape index (κ1) is 12.4. The fourth-order valence-corrected chi connectivity index (χ4v) is 1.98. The largest absolute Gasteiger partial charge is 0.365 e. The minimum absolute atomic E-state index is 0.548. The Morgan fingerprint density at radius 3 is 2.85 bits per heavy atom. The highest BCUT2D eigenvalue weighted by Crippen LogP contribution is 2.20. The molecule has 0 aliphatic carbocycles. The van der Waals surface area contributed by atoms with Crippen LogP contribution in [0.4, 0.5) is 11.8 Å². The molecule has 104 valence electrons. The third-order valence-electron chi connectivity index (χ3n) is 3.32. The van der Waals surface area contributed by atoms with Crippen molar-refractivity contribution in [1.29, 1.82) is 0 Å². The lowest BCUT2D eigenvalue weighted by atomic mass is 10.2. The monoisotopic (exact) mass is 272 g/mol. The summed E-state index contributed by atoms with van der Waals surface area (Å²) < 4.78 is 1.85. The van der Waals surface area contributed by atoms with Gasteiger partial charge in [-0.2, -0.15) is 20.2 Å². The molecule has 0 aliphatic rings. The molecule has 0 spiro atoms. The fourth-order valence-electron chi connectivity index (χ4n) is 1.98. The zero-order chi connectivity index (χ0) is 14.1. The van der Waals surface area contributed by atoms with Crippen LogP contribution in [0.5, 0.6) is 0 Å². The summed E-state index contributed by atoms with van der Waals surface area (Å²) in [5, 5.41) is 18.2. The maximum absolute atomic E-state index is 4.42. The highest BCUT2D eigenvalue weighted by Gasteiger charge is 2.10. The predicted octanol–water partition coefficient (Wildman–Crippen LogP) is 1.05. The SMILES string of the molecule is CNc1nc(NCc2cnn(C)c2C)c2cn[nH]c2n1. The van der Waals surface area contributed by atoms with Crippen LogP contribution in [-0.4, -0.2) is 37.0 Å². The van der Waals surface area contributed by atoms with Crippen molar-refractivity contribution in [3.63, 3.8) is 0 Å². The number of nitrogens with zero attached hydrogens (tertiary/aromatic N) is 5. The molecule has 0 saturated heterocycles. The van der Waals surface area contributed by atoms with Crippen LogP contribution < -0.4 is 10.6 Å². The minimum atomic E-state index is 0.548. The number of aromatic nitrogens is 6. The van der Waals surface area contributed by atoms with Gasteiger partial charge >= 0.3 is 0 Å². The minimum Gasteiger partial charge on any atom is -0.365 e. The van der Waals surface area contributed by atoms with Crippen LogP contribution in [0, 0.1) is 6.92 Å². The van der Waals surface area contributed by atoms with Gasteiger partial charge in [0, 0.05) is 31.9 Å². The normalized spacial score (nSPS) is 10.9. The third kappa shape index (κ3) is 2.04. The molecule has 8 heteroatoms. The van der Waals surface area contributed by atoms with E-state index in [1.54, 1.807) is 13.2 Å². The van der Waals surface area contributed by atoms with Gasteiger partial charge in [-0.3, -0.25) is 9.78 Å². The Hall–Kier alpha value is -2.64. The van der Waals surface area contributed by atoms with Crippen LogP contribution >= 0.6 is 0 Å². The van der Waals surface area contributed by atoms with Gasteiger partial charge in [0.2, 0.25) is 5.95 Å². The topological polar surface area (TPSA) is 96.3 Å². The smallest absolute Gasteiger partial charge is 0.226 e. The first-order chi connectivity index (χ1) is 9.69. The summed E-state index contributed by atoms with van der Waals surface area (Å²) in [5.74, 6) is 1.29. The van der Waals surface area contributed by atoms with E-state index in [9.17, 15) is 0 Å². The maximum atomic E-state index is 4.42. The number of hydrogen-bond acceptors (Lipinski definition) is 6. The van der Waals surface area contributed by atoms with Gasteiger partial charge in [-0.1, -0.05) is 0 Å². The summed E-state index contributed by atoms with van der Waals surface area (Å²) in [6, 6.07) is 0. The summed E-state index contributed by atoms with van der Waals surface area (Å²) in [4.78, 5) is 8.72. The lowest BCUT2D eigenvalue weighted by Gasteiger charge is -2.08. The lowest BCUT2D eigenvalue weighted by Crippen LogP contribution is -2.06. The van der Waals surface area contributed by atoms with Gasteiger partial charge in [-0.05, 0) is 6.92 Å². The Morgan fingerprint density at radius 2 is 2.15 bits per heavy atom. The van der Waals surface area contributed by atoms with Crippen LogP contribution in [-0.2, 0) is 13.6 Å². The molecule has 0 radical (unpaired) electrons.